The molecule has 0 aliphatic carbocycles. The van der Waals surface area contributed by atoms with Gasteiger partial charge in [-0.25, -0.2) is 0 Å². The molecule has 8 heteroatoms. The number of unbranched alkanes of at least 4 members (excludes halogenated alkanes) is 12. The molecule has 4 nitrogen and oxygen atoms in total. The van der Waals surface area contributed by atoms with Gasteiger partial charge in [-0.1, -0.05) is 0 Å². The maximum atomic E-state index is 13.8. The second-order valence-corrected chi connectivity index (χ2v) is 30.7. The van der Waals surface area contributed by atoms with Gasteiger partial charge in [0, 0.05) is 0 Å². The van der Waals surface area contributed by atoms with Crippen LogP contribution in [-0.4, -0.2) is 55.5 Å². The van der Waals surface area contributed by atoms with Crippen LogP contribution < -0.4 is 0 Å². The molecule has 0 N–H and O–H groups in total. The first-order valence-corrected chi connectivity index (χ1v) is 27.8. The van der Waals surface area contributed by atoms with Crippen molar-refractivity contribution in [2.24, 2.45) is 0 Å². The summed E-state index contributed by atoms with van der Waals surface area (Å²) in [5.41, 5.74) is 0. The third-order valence-electron chi connectivity index (χ3n) is 8.17. The molecule has 0 bridgehead atoms. The molecule has 0 rings (SSSR count). The average Bonchev–Trinajstić information content (AvgIpc) is 2.84. The van der Waals surface area contributed by atoms with Crippen LogP contribution >= 0.6 is 6.83 Å². The van der Waals surface area contributed by atoms with Gasteiger partial charge in [-0.3, -0.25) is 0 Å². The van der Waals surface area contributed by atoms with Crippen molar-refractivity contribution >= 4 is 33.6 Å². The van der Waals surface area contributed by atoms with E-state index in [4.69, 9.17) is 8.09 Å². The van der Waals surface area contributed by atoms with Crippen molar-refractivity contribution in [1.82, 2.24) is 0 Å². The van der Waals surface area contributed by atoms with Crippen molar-refractivity contribution in [1.29, 1.82) is 0 Å². The Morgan fingerprint density at radius 1 is 0.538 bits per heavy atom. The first-order chi connectivity index (χ1) is 18.2. The minimum atomic E-state index is -3.61. The third kappa shape index (κ3) is 18.8. The van der Waals surface area contributed by atoms with Crippen molar-refractivity contribution in [3.05, 3.63) is 0 Å². The monoisotopic (exact) mass is 626 g/mol. The van der Waals surface area contributed by atoms with Crippen molar-refractivity contribution in [2.45, 2.75) is 169 Å². The summed E-state index contributed by atoms with van der Waals surface area (Å²) in [6.07, 6.45) is 23.6. The van der Waals surface area contributed by atoms with Crippen LogP contribution in [0.1, 0.15) is 130 Å². The van der Waals surface area contributed by atoms with Gasteiger partial charge in [0.15, 0.2) is 0 Å². The quantitative estimate of drug-likeness (QED) is 0.0517. The Kier molecular flexibility index (Phi) is 20.2. The zero-order valence-electron chi connectivity index (χ0n) is 28.0. The van der Waals surface area contributed by atoms with Gasteiger partial charge in [0.1, 0.15) is 0 Å². The van der Waals surface area contributed by atoms with E-state index in [2.05, 4.69) is 60.4 Å². The van der Waals surface area contributed by atoms with Crippen LogP contribution in [0, 0.1) is 0 Å². The van der Waals surface area contributed by atoms with E-state index in [0.717, 1.165) is 69.6 Å². The van der Waals surface area contributed by atoms with E-state index in [1.54, 1.807) is 0 Å². The standard InChI is InChI=1S/C31H71O4PSSi2/c1-10-14-18-19-20-21-22-23-24-25-29-36(26-15-11-2,27-16-12-3,28-17-13-4)34-37(32,33)30-31-39(8,9)35-38(5,6)7/h10-31H2,1-9H3. The Morgan fingerprint density at radius 3 is 1.28 bits per heavy atom. The van der Waals surface area contributed by atoms with Gasteiger partial charge < -0.3 is 0 Å². The number of hydrogen-bond donors (Lipinski definition) is 0. The van der Waals surface area contributed by atoms with Gasteiger partial charge in [0.2, 0.25) is 0 Å². The normalized spacial score (nSPS) is 14.4. The predicted molar refractivity (Wildman–Crippen MR) is 185 cm³/mol. The van der Waals surface area contributed by atoms with Crippen molar-refractivity contribution in [3.63, 3.8) is 0 Å². The van der Waals surface area contributed by atoms with Crippen molar-refractivity contribution in [3.8, 4) is 0 Å². The second kappa shape index (κ2) is 19.8. The van der Waals surface area contributed by atoms with Gasteiger partial charge in [-0.2, -0.15) is 0 Å². The molecule has 0 aliphatic heterocycles. The topological polar surface area (TPSA) is 52.6 Å². The molecule has 0 aromatic rings. The van der Waals surface area contributed by atoms with Crippen LogP contribution in [0.25, 0.3) is 0 Å². The molecule has 0 aromatic carbocycles. The van der Waals surface area contributed by atoms with Crippen molar-refractivity contribution < 1.29 is 16.5 Å². The Bertz CT molecular complexity index is 698. The summed E-state index contributed by atoms with van der Waals surface area (Å²) in [7, 11) is -7.38. The van der Waals surface area contributed by atoms with Crippen LogP contribution in [0.3, 0.4) is 0 Å². The average molecular weight is 627 g/mol. The van der Waals surface area contributed by atoms with Gasteiger partial charge in [0.25, 0.3) is 0 Å². The Balaban J connectivity index is 5.67. The molecular weight excluding hydrogens is 556 g/mol. The van der Waals surface area contributed by atoms with Gasteiger partial charge in [-0.15, -0.1) is 0 Å². The molecule has 0 amide bonds. The molecule has 0 unspecified atom stereocenters. The summed E-state index contributed by atoms with van der Waals surface area (Å²) in [6.45, 7) is 17.1. The van der Waals surface area contributed by atoms with Gasteiger partial charge >= 0.3 is 250 Å². The molecule has 0 fully saturated rings. The summed E-state index contributed by atoms with van der Waals surface area (Å²) in [5.74, 6) is 0.122. The van der Waals surface area contributed by atoms with Crippen molar-refractivity contribution in [2.75, 3.05) is 30.4 Å². The molecular formula is C31H71O4PSSi2. The molecule has 0 radical (unpaired) electrons. The van der Waals surface area contributed by atoms with E-state index in [9.17, 15) is 8.42 Å². The zero-order chi connectivity index (χ0) is 29.9. The van der Waals surface area contributed by atoms with Gasteiger partial charge in [-0.05, 0) is 0 Å². The summed E-state index contributed by atoms with van der Waals surface area (Å²) < 4.78 is 40.9. The number of rotatable bonds is 27. The number of hydrogen-bond acceptors (Lipinski definition) is 4. The molecule has 0 atom stereocenters. The van der Waals surface area contributed by atoms with Crippen LogP contribution in [0.15, 0.2) is 0 Å². The SMILES string of the molecule is CCCCCCCCCCCCP(CCCC)(CCCC)(CCCC)OS(=O)(=O)CC[Si](C)(C)O[Si](C)(C)C. The van der Waals surface area contributed by atoms with E-state index >= 15 is 0 Å². The summed E-state index contributed by atoms with van der Waals surface area (Å²) in [6, 6.07) is 0.625. The third-order valence-corrected chi connectivity index (χ3v) is 23.7. The summed E-state index contributed by atoms with van der Waals surface area (Å²) >= 11 is 0. The molecule has 39 heavy (non-hydrogen) atoms. The fraction of sp³-hybridized carbons (Fsp3) is 1.00. The summed E-state index contributed by atoms with van der Waals surface area (Å²) in [5, 5.41) is 0. The Hall–Kier alpha value is 0.734. The van der Waals surface area contributed by atoms with Crippen LogP contribution in [-0.2, 0) is 18.2 Å². The fourth-order valence-electron chi connectivity index (χ4n) is 6.10. The van der Waals surface area contributed by atoms with Crippen LogP contribution in [0.2, 0.25) is 38.8 Å². The zero-order valence-corrected chi connectivity index (χ0v) is 31.8. The molecule has 0 saturated heterocycles. The molecule has 238 valence electrons. The van der Waals surface area contributed by atoms with E-state index in [0.29, 0.717) is 6.04 Å². The second-order valence-electron chi connectivity index (χ2n) is 14.1. The first-order valence-electron chi connectivity index (χ1n) is 16.8. The molecule has 0 aliphatic rings. The van der Waals surface area contributed by atoms with E-state index < -0.39 is 33.6 Å². The Labute approximate surface area is 249 Å². The minimum absolute atomic E-state index is 0.122. The Morgan fingerprint density at radius 2 is 0.897 bits per heavy atom. The predicted octanol–water partition coefficient (Wildman–Crippen LogP) is 11.2. The van der Waals surface area contributed by atoms with Crippen LogP contribution in [0.4, 0.5) is 0 Å². The first kappa shape index (κ1) is 39.7. The van der Waals surface area contributed by atoms with Crippen LogP contribution in [0.5, 0.6) is 0 Å². The van der Waals surface area contributed by atoms with E-state index in [-0.39, 0.29) is 5.75 Å². The molecule has 0 saturated carbocycles. The maximum absolute atomic E-state index is 13.8. The van der Waals surface area contributed by atoms with E-state index in [1.165, 1.54) is 57.8 Å². The fourth-order valence-corrected chi connectivity index (χ4v) is 25.9. The van der Waals surface area contributed by atoms with Gasteiger partial charge in [0.05, 0.1) is 0 Å². The molecule has 0 aromatic heterocycles. The summed E-state index contributed by atoms with van der Waals surface area (Å²) in [4.78, 5) is 0. The molecule has 0 spiro atoms. The van der Waals surface area contributed by atoms with E-state index in [1.807, 2.05) is 0 Å². The molecule has 0 heterocycles.